The third-order valence-electron chi connectivity index (χ3n) is 5.26. The lowest BCUT2D eigenvalue weighted by atomic mass is 9.98. The van der Waals surface area contributed by atoms with Crippen LogP contribution in [0, 0.1) is 0 Å². The molecule has 1 aliphatic heterocycles. The quantitative estimate of drug-likeness (QED) is 0.596. The van der Waals surface area contributed by atoms with Gasteiger partial charge in [0.1, 0.15) is 0 Å². The highest BCUT2D eigenvalue weighted by Gasteiger charge is 2.30. The van der Waals surface area contributed by atoms with E-state index < -0.39 is 5.97 Å². The van der Waals surface area contributed by atoms with E-state index in [1.165, 1.54) is 0 Å². The first-order valence-corrected chi connectivity index (χ1v) is 10.0. The minimum atomic E-state index is -0.941. The van der Waals surface area contributed by atoms with Gasteiger partial charge in [-0.15, -0.1) is 0 Å². The van der Waals surface area contributed by atoms with Crippen LogP contribution < -0.4 is 9.91 Å². The Morgan fingerprint density at radius 3 is 2.20 bits per heavy atom. The fraction of sp³-hybridized carbons (Fsp3) is 0.167. The molecule has 0 radical (unpaired) electrons. The summed E-state index contributed by atoms with van der Waals surface area (Å²) < 4.78 is 0. The smallest absolute Gasteiger partial charge is 0.335 e. The largest absolute Gasteiger partial charge is 0.478 e. The maximum absolute atomic E-state index is 11.2. The van der Waals surface area contributed by atoms with E-state index >= 15 is 0 Å². The minimum absolute atomic E-state index is 0.0163. The first-order chi connectivity index (χ1) is 14.4. The van der Waals surface area contributed by atoms with E-state index in [4.69, 9.17) is 16.7 Å². The number of rotatable bonds is 5. The zero-order chi connectivity index (χ0) is 21.3. The van der Waals surface area contributed by atoms with Crippen LogP contribution >= 0.6 is 11.6 Å². The van der Waals surface area contributed by atoms with E-state index in [-0.39, 0.29) is 11.6 Å². The molecule has 0 spiro atoms. The van der Waals surface area contributed by atoms with Gasteiger partial charge in [0.15, 0.2) is 0 Å². The summed E-state index contributed by atoms with van der Waals surface area (Å²) in [7, 11) is 4.03. The van der Waals surface area contributed by atoms with Crippen LogP contribution in [0.25, 0.3) is 0 Å². The molecule has 0 aromatic heterocycles. The SMILES string of the molecule is CN(C)c1ccc(C2CC(c3ccc(Cl)cc3)=NN2c2ccc(C(=O)O)cc2)cc1. The predicted octanol–water partition coefficient (Wildman–Crippen LogP) is 5.46. The highest BCUT2D eigenvalue weighted by molar-refractivity contribution is 6.30. The molecule has 1 heterocycles. The molecule has 1 aliphatic rings. The second-order valence-electron chi connectivity index (χ2n) is 7.46. The number of carboxylic acids is 1. The zero-order valence-corrected chi connectivity index (χ0v) is 17.5. The van der Waals surface area contributed by atoms with Crippen molar-refractivity contribution in [2.45, 2.75) is 12.5 Å². The number of nitrogens with zero attached hydrogens (tertiary/aromatic N) is 3. The molecule has 4 rings (SSSR count). The van der Waals surface area contributed by atoms with Gasteiger partial charge in [-0.05, 0) is 59.7 Å². The molecule has 3 aromatic carbocycles. The van der Waals surface area contributed by atoms with Crippen LogP contribution in [0.3, 0.4) is 0 Å². The van der Waals surface area contributed by atoms with Gasteiger partial charge in [-0.25, -0.2) is 4.79 Å². The van der Waals surface area contributed by atoms with Gasteiger partial charge < -0.3 is 10.0 Å². The Balaban J connectivity index is 1.71. The van der Waals surface area contributed by atoms with E-state index in [1.54, 1.807) is 24.3 Å². The lowest BCUT2D eigenvalue weighted by molar-refractivity contribution is 0.0697. The summed E-state index contributed by atoms with van der Waals surface area (Å²) in [6, 6.07) is 23.0. The molecule has 0 aliphatic carbocycles. The molecule has 0 amide bonds. The van der Waals surface area contributed by atoms with Crippen LogP contribution in [0.5, 0.6) is 0 Å². The van der Waals surface area contributed by atoms with Gasteiger partial charge in [-0.1, -0.05) is 35.9 Å². The molecular formula is C24H22ClN3O2. The third kappa shape index (κ3) is 4.02. The van der Waals surface area contributed by atoms with Gasteiger partial charge in [0, 0.05) is 31.2 Å². The number of anilines is 2. The van der Waals surface area contributed by atoms with Crippen molar-refractivity contribution < 1.29 is 9.90 Å². The monoisotopic (exact) mass is 419 g/mol. The average molecular weight is 420 g/mol. The summed E-state index contributed by atoms with van der Waals surface area (Å²) in [5.74, 6) is -0.941. The normalized spacial score (nSPS) is 15.8. The highest BCUT2D eigenvalue weighted by Crippen LogP contribution is 2.37. The van der Waals surface area contributed by atoms with Crippen LogP contribution in [0.15, 0.2) is 77.9 Å². The second kappa shape index (κ2) is 8.20. The standard InChI is InChI=1S/C24H22ClN3O2/c1-27(2)20-11-5-17(6-12-20)23-15-22(16-3-9-19(25)10-4-16)26-28(23)21-13-7-18(8-14-21)24(29)30/h3-14,23H,15H2,1-2H3,(H,29,30). The van der Waals surface area contributed by atoms with Crippen molar-refractivity contribution in [2.24, 2.45) is 5.10 Å². The summed E-state index contributed by atoms with van der Waals surface area (Å²) in [6.07, 6.45) is 0.740. The number of carboxylic acid groups (broad SMARTS) is 1. The number of carbonyl (C=O) groups is 1. The minimum Gasteiger partial charge on any atom is -0.478 e. The van der Waals surface area contributed by atoms with Crippen LogP contribution in [-0.2, 0) is 0 Å². The molecule has 1 unspecified atom stereocenters. The first kappa shape index (κ1) is 20.0. The van der Waals surface area contributed by atoms with Crippen molar-refractivity contribution in [3.8, 4) is 0 Å². The van der Waals surface area contributed by atoms with Crippen molar-refractivity contribution in [3.63, 3.8) is 0 Å². The molecule has 152 valence electrons. The molecule has 30 heavy (non-hydrogen) atoms. The van der Waals surface area contributed by atoms with Crippen LogP contribution in [-0.4, -0.2) is 30.9 Å². The Bertz CT molecular complexity index is 1070. The molecule has 0 bridgehead atoms. The second-order valence-corrected chi connectivity index (χ2v) is 7.89. The maximum Gasteiger partial charge on any atom is 0.335 e. The van der Waals surface area contributed by atoms with Crippen LogP contribution in [0.4, 0.5) is 11.4 Å². The van der Waals surface area contributed by atoms with E-state index in [0.717, 1.165) is 34.6 Å². The zero-order valence-electron chi connectivity index (χ0n) is 16.8. The van der Waals surface area contributed by atoms with Gasteiger partial charge in [0.2, 0.25) is 0 Å². The molecule has 0 saturated carbocycles. The van der Waals surface area contributed by atoms with E-state index in [0.29, 0.717) is 5.02 Å². The Hall–Kier alpha value is -3.31. The first-order valence-electron chi connectivity index (χ1n) is 9.65. The van der Waals surface area contributed by atoms with Crippen LogP contribution in [0.1, 0.15) is 33.9 Å². The number of hydrogen-bond acceptors (Lipinski definition) is 4. The summed E-state index contributed by atoms with van der Waals surface area (Å²) >= 11 is 6.05. The van der Waals surface area contributed by atoms with E-state index in [1.807, 2.05) is 43.4 Å². The van der Waals surface area contributed by atoms with Crippen molar-refractivity contribution in [2.75, 3.05) is 24.0 Å². The number of hydrazone groups is 1. The summed E-state index contributed by atoms with van der Waals surface area (Å²) in [5.41, 5.74) is 5.38. The molecule has 0 saturated heterocycles. The Morgan fingerprint density at radius 1 is 1.00 bits per heavy atom. The number of aromatic carboxylic acids is 1. The molecule has 5 nitrogen and oxygen atoms in total. The van der Waals surface area contributed by atoms with Crippen molar-refractivity contribution in [3.05, 3.63) is 94.5 Å². The van der Waals surface area contributed by atoms with Gasteiger partial charge in [-0.2, -0.15) is 5.10 Å². The summed E-state index contributed by atoms with van der Waals surface area (Å²) in [6.45, 7) is 0. The Labute approximate surface area is 180 Å². The number of halogens is 1. The molecular weight excluding hydrogens is 398 g/mol. The fourth-order valence-electron chi connectivity index (χ4n) is 3.58. The number of benzene rings is 3. The van der Waals surface area contributed by atoms with Gasteiger partial charge in [0.25, 0.3) is 0 Å². The lowest BCUT2D eigenvalue weighted by Gasteiger charge is -2.24. The Kier molecular flexibility index (Phi) is 5.46. The summed E-state index contributed by atoms with van der Waals surface area (Å²) in [5, 5.41) is 16.8. The van der Waals surface area contributed by atoms with Crippen molar-refractivity contribution in [1.82, 2.24) is 0 Å². The highest BCUT2D eigenvalue weighted by atomic mass is 35.5. The van der Waals surface area contributed by atoms with Gasteiger partial charge >= 0.3 is 5.97 Å². The molecule has 1 N–H and O–H groups in total. The average Bonchev–Trinajstić information content (AvgIpc) is 3.20. The Morgan fingerprint density at radius 2 is 1.63 bits per heavy atom. The molecule has 1 atom stereocenters. The fourth-order valence-corrected chi connectivity index (χ4v) is 3.70. The molecule has 0 fully saturated rings. The topological polar surface area (TPSA) is 56.1 Å². The summed E-state index contributed by atoms with van der Waals surface area (Å²) in [4.78, 5) is 13.3. The van der Waals surface area contributed by atoms with Crippen molar-refractivity contribution in [1.29, 1.82) is 0 Å². The lowest BCUT2D eigenvalue weighted by Crippen LogP contribution is -2.19. The molecule has 3 aromatic rings. The van der Waals surface area contributed by atoms with Gasteiger partial charge in [0.05, 0.1) is 23.0 Å². The van der Waals surface area contributed by atoms with E-state index in [9.17, 15) is 9.90 Å². The number of hydrogen-bond donors (Lipinski definition) is 1. The van der Waals surface area contributed by atoms with Crippen LogP contribution in [0.2, 0.25) is 5.02 Å². The van der Waals surface area contributed by atoms with Gasteiger partial charge in [-0.3, -0.25) is 5.01 Å². The van der Waals surface area contributed by atoms with Crippen molar-refractivity contribution >= 4 is 34.7 Å². The van der Waals surface area contributed by atoms with E-state index in [2.05, 4.69) is 29.2 Å². The molecule has 6 heteroatoms. The third-order valence-corrected chi connectivity index (χ3v) is 5.51. The predicted molar refractivity (Wildman–Crippen MR) is 122 cm³/mol. The maximum atomic E-state index is 11.2.